The molecule has 1 saturated heterocycles. The van der Waals surface area contributed by atoms with E-state index in [9.17, 15) is 9.59 Å². The van der Waals surface area contributed by atoms with Gasteiger partial charge in [-0.3, -0.25) is 0 Å². The normalized spacial score (nSPS) is 20.8. The van der Waals surface area contributed by atoms with Crippen molar-refractivity contribution >= 4 is 12.0 Å². The average molecular weight is 244 g/mol. The minimum absolute atomic E-state index is 0.0630. The number of aliphatic carboxylic acids is 1. The Labute approximate surface area is 101 Å². The zero-order chi connectivity index (χ0) is 13.1. The van der Waals surface area contributed by atoms with Crippen LogP contribution < -0.4 is 5.32 Å². The summed E-state index contributed by atoms with van der Waals surface area (Å²) in [5.74, 6) is -1.22. The molecule has 0 spiro atoms. The monoisotopic (exact) mass is 244 g/mol. The maximum atomic E-state index is 11.8. The summed E-state index contributed by atoms with van der Waals surface area (Å²) >= 11 is 0. The largest absolute Gasteiger partial charge is 0.480 e. The smallest absolute Gasteiger partial charge is 0.328 e. The van der Waals surface area contributed by atoms with Crippen molar-refractivity contribution in [2.75, 3.05) is 19.7 Å². The molecule has 0 aromatic rings. The fourth-order valence-electron chi connectivity index (χ4n) is 2.02. The molecular formula is C11H20N2O4. The van der Waals surface area contributed by atoms with Crippen LogP contribution in [0.15, 0.2) is 0 Å². The number of hydrogen-bond donors (Lipinski definition) is 3. The van der Waals surface area contributed by atoms with Gasteiger partial charge in [0.05, 0.1) is 6.61 Å². The van der Waals surface area contributed by atoms with E-state index in [2.05, 4.69) is 19.2 Å². The third-order valence-electron chi connectivity index (χ3n) is 2.97. The van der Waals surface area contributed by atoms with Crippen molar-refractivity contribution in [3.05, 3.63) is 0 Å². The number of carboxylic acid groups (broad SMARTS) is 1. The van der Waals surface area contributed by atoms with Gasteiger partial charge < -0.3 is 20.4 Å². The maximum absolute atomic E-state index is 11.8. The van der Waals surface area contributed by atoms with Gasteiger partial charge in [-0.25, -0.2) is 9.59 Å². The SMILES string of the molecule is CC1(C)CCCN(C(=O)N[C@@H](CO)C(=O)O)C1. The van der Waals surface area contributed by atoms with Crippen LogP contribution in [-0.4, -0.2) is 52.9 Å². The molecule has 0 aliphatic carbocycles. The number of rotatable bonds is 3. The van der Waals surface area contributed by atoms with E-state index in [1.807, 2.05) is 0 Å². The van der Waals surface area contributed by atoms with Gasteiger partial charge in [0.15, 0.2) is 6.04 Å². The second kappa shape index (κ2) is 5.35. The molecule has 0 aromatic carbocycles. The lowest BCUT2D eigenvalue weighted by Crippen LogP contribution is -2.53. The fourth-order valence-corrected chi connectivity index (χ4v) is 2.02. The quantitative estimate of drug-likeness (QED) is 0.664. The van der Waals surface area contributed by atoms with Crippen LogP contribution >= 0.6 is 0 Å². The van der Waals surface area contributed by atoms with Crippen LogP contribution in [0, 0.1) is 5.41 Å². The van der Waals surface area contributed by atoms with Crippen molar-refractivity contribution in [2.24, 2.45) is 5.41 Å². The topological polar surface area (TPSA) is 89.9 Å². The van der Waals surface area contributed by atoms with Crippen molar-refractivity contribution in [2.45, 2.75) is 32.7 Å². The second-order valence-electron chi connectivity index (χ2n) is 5.21. The Morgan fingerprint density at radius 3 is 2.59 bits per heavy atom. The Kier molecular flexibility index (Phi) is 4.34. The first-order valence-corrected chi connectivity index (χ1v) is 5.75. The minimum atomic E-state index is -1.23. The highest BCUT2D eigenvalue weighted by molar-refractivity contribution is 5.82. The number of hydrogen-bond acceptors (Lipinski definition) is 3. The first-order valence-electron chi connectivity index (χ1n) is 5.75. The molecule has 1 heterocycles. The van der Waals surface area contributed by atoms with Gasteiger partial charge in [-0.15, -0.1) is 0 Å². The standard InChI is InChI=1S/C11H20N2O4/c1-11(2)4-3-5-13(7-11)10(17)12-8(6-14)9(15)16/h8,14H,3-7H2,1-2H3,(H,12,17)(H,15,16)/t8-/m0/s1. The molecule has 0 aromatic heterocycles. The lowest BCUT2D eigenvalue weighted by molar-refractivity contribution is -0.140. The molecule has 1 atom stereocenters. The first-order chi connectivity index (χ1) is 7.85. The van der Waals surface area contributed by atoms with Gasteiger partial charge in [-0.1, -0.05) is 13.8 Å². The van der Waals surface area contributed by atoms with Crippen molar-refractivity contribution < 1.29 is 19.8 Å². The van der Waals surface area contributed by atoms with Crippen LogP contribution in [-0.2, 0) is 4.79 Å². The number of aliphatic hydroxyl groups is 1. The summed E-state index contributed by atoms with van der Waals surface area (Å²) in [4.78, 5) is 24.1. The summed E-state index contributed by atoms with van der Waals surface area (Å²) in [6, 6.07) is -1.65. The first kappa shape index (κ1) is 13.8. The molecule has 1 fully saturated rings. The van der Waals surface area contributed by atoms with E-state index >= 15 is 0 Å². The molecular weight excluding hydrogens is 224 g/mol. The van der Waals surface area contributed by atoms with E-state index in [0.29, 0.717) is 13.1 Å². The molecule has 0 unspecified atom stereocenters. The average Bonchev–Trinajstić information content (AvgIpc) is 2.23. The summed E-state index contributed by atoms with van der Waals surface area (Å²) in [5.41, 5.74) is 0.0630. The highest BCUT2D eigenvalue weighted by Crippen LogP contribution is 2.28. The fraction of sp³-hybridized carbons (Fsp3) is 0.818. The number of nitrogens with one attached hydrogen (secondary N) is 1. The Morgan fingerprint density at radius 2 is 2.12 bits per heavy atom. The molecule has 0 bridgehead atoms. The van der Waals surface area contributed by atoms with E-state index in [1.165, 1.54) is 0 Å². The van der Waals surface area contributed by atoms with Gasteiger partial charge >= 0.3 is 12.0 Å². The van der Waals surface area contributed by atoms with Gasteiger partial charge in [0, 0.05) is 13.1 Å². The second-order valence-corrected chi connectivity index (χ2v) is 5.21. The number of piperidine rings is 1. The van der Waals surface area contributed by atoms with Crippen molar-refractivity contribution in [1.82, 2.24) is 10.2 Å². The number of nitrogens with zero attached hydrogens (tertiary/aromatic N) is 1. The number of carboxylic acids is 1. The molecule has 1 rings (SSSR count). The zero-order valence-corrected chi connectivity index (χ0v) is 10.3. The summed E-state index contributed by atoms with van der Waals surface area (Å²) in [6.45, 7) is 4.79. The molecule has 1 aliphatic heterocycles. The molecule has 3 N–H and O–H groups in total. The summed E-state index contributed by atoms with van der Waals surface area (Å²) in [7, 11) is 0. The molecule has 1 aliphatic rings. The minimum Gasteiger partial charge on any atom is -0.480 e. The number of amides is 2. The van der Waals surface area contributed by atoms with E-state index in [1.54, 1.807) is 4.90 Å². The highest BCUT2D eigenvalue weighted by atomic mass is 16.4. The zero-order valence-electron chi connectivity index (χ0n) is 10.3. The van der Waals surface area contributed by atoms with Crippen LogP contribution in [0.5, 0.6) is 0 Å². The number of aliphatic hydroxyl groups excluding tert-OH is 1. The van der Waals surface area contributed by atoms with Crippen molar-refractivity contribution in [1.29, 1.82) is 0 Å². The summed E-state index contributed by atoms with van der Waals surface area (Å²) in [5, 5.41) is 19.9. The molecule has 0 saturated carbocycles. The van der Waals surface area contributed by atoms with Gasteiger partial charge in [-0.2, -0.15) is 0 Å². The maximum Gasteiger partial charge on any atom is 0.328 e. The van der Waals surface area contributed by atoms with Crippen molar-refractivity contribution in [3.8, 4) is 0 Å². The number of urea groups is 1. The van der Waals surface area contributed by atoms with Crippen LogP contribution in [0.25, 0.3) is 0 Å². The Hall–Kier alpha value is -1.30. The molecule has 6 nitrogen and oxygen atoms in total. The Balaban J connectivity index is 2.55. The lowest BCUT2D eigenvalue weighted by atomic mass is 9.84. The predicted octanol–water partition coefficient (Wildman–Crippen LogP) is 0.263. The molecule has 2 amide bonds. The summed E-state index contributed by atoms with van der Waals surface area (Å²) in [6.07, 6.45) is 1.97. The molecule has 98 valence electrons. The Bertz CT molecular complexity index is 304. The number of carbonyl (C=O) groups is 2. The van der Waals surface area contributed by atoms with Crippen LogP contribution in [0.3, 0.4) is 0 Å². The lowest BCUT2D eigenvalue weighted by Gasteiger charge is -2.38. The highest BCUT2D eigenvalue weighted by Gasteiger charge is 2.30. The van der Waals surface area contributed by atoms with E-state index in [4.69, 9.17) is 10.2 Å². The Morgan fingerprint density at radius 1 is 1.47 bits per heavy atom. The van der Waals surface area contributed by atoms with Crippen molar-refractivity contribution in [3.63, 3.8) is 0 Å². The molecule has 0 radical (unpaired) electrons. The van der Waals surface area contributed by atoms with Crippen LogP contribution in [0.4, 0.5) is 4.79 Å². The van der Waals surface area contributed by atoms with Crippen LogP contribution in [0.1, 0.15) is 26.7 Å². The van der Waals surface area contributed by atoms with Gasteiger partial charge in [0.25, 0.3) is 0 Å². The third-order valence-corrected chi connectivity index (χ3v) is 2.97. The predicted molar refractivity (Wildman–Crippen MR) is 61.6 cm³/mol. The number of carbonyl (C=O) groups excluding carboxylic acids is 1. The van der Waals surface area contributed by atoms with Gasteiger partial charge in [0.1, 0.15) is 0 Å². The molecule has 6 heteroatoms. The number of likely N-dealkylation sites (tertiary alicyclic amines) is 1. The van der Waals surface area contributed by atoms with E-state index in [-0.39, 0.29) is 5.41 Å². The van der Waals surface area contributed by atoms with Gasteiger partial charge in [0.2, 0.25) is 0 Å². The van der Waals surface area contributed by atoms with E-state index < -0.39 is 24.6 Å². The summed E-state index contributed by atoms with van der Waals surface area (Å²) < 4.78 is 0. The van der Waals surface area contributed by atoms with E-state index in [0.717, 1.165) is 12.8 Å². The van der Waals surface area contributed by atoms with Gasteiger partial charge in [-0.05, 0) is 18.3 Å². The van der Waals surface area contributed by atoms with Crippen LogP contribution in [0.2, 0.25) is 0 Å². The molecule has 17 heavy (non-hydrogen) atoms. The third kappa shape index (κ3) is 3.89.